The van der Waals surface area contributed by atoms with Crippen LogP contribution in [0, 0.1) is 0 Å². The number of rotatable bonds is 4. The molecule has 0 saturated heterocycles. The Hall–Kier alpha value is -2.32. The van der Waals surface area contributed by atoms with Crippen LogP contribution < -0.4 is 15.6 Å². The zero-order valence-corrected chi connectivity index (χ0v) is 16.4. The van der Waals surface area contributed by atoms with E-state index in [1.807, 2.05) is 16.7 Å². The zero-order valence-electron chi connectivity index (χ0n) is 15.6. The van der Waals surface area contributed by atoms with Crippen LogP contribution in [0.2, 0.25) is 0 Å². The molecule has 0 amide bonds. The van der Waals surface area contributed by atoms with E-state index in [2.05, 4.69) is 15.3 Å². The van der Waals surface area contributed by atoms with E-state index in [4.69, 9.17) is 4.74 Å². The molecule has 0 radical (unpaired) electrons. The number of nitrogens with one attached hydrogen (secondary N) is 1. The summed E-state index contributed by atoms with van der Waals surface area (Å²) >= 11 is -1.23. The lowest BCUT2D eigenvalue weighted by atomic mass is 9.91. The summed E-state index contributed by atoms with van der Waals surface area (Å²) in [6.07, 6.45) is 7.99. The summed E-state index contributed by atoms with van der Waals surface area (Å²) in [5.41, 5.74) is 2.05. The molecule has 8 heteroatoms. The van der Waals surface area contributed by atoms with Crippen molar-refractivity contribution < 1.29 is 9.29 Å². The molecule has 7 nitrogen and oxygen atoms in total. The molecule has 0 spiro atoms. The van der Waals surface area contributed by atoms with Crippen LogP contribution in [-0.4, -0.2) is 38.7 Å². The number of pyridine rings is 2. The van der Waals surface area contributed by atoms with Gasteiger partial charge >= 0.3 is 0 Å². The first-order chi connectivity index (χ1) is 12.9. The van der Waals surface area contributed by atoms with E-state index < -0.39 is 16.2 Å². The van der Waals surface area contributed by atoms with Crippen molar-refractivity contribution in [2.24, 2.45) is 4.99 Å². The summed E-state index contributed by atoms with van der Waals surface area (Å²) in [5, 5.41) is 3.26. The number of aromatic nitrogens is 2. The Morgan fingerprint density at radius 2 is 2.19 bits per heavy atom. The van der Waals surface area contributed by atoms with Gasteiger partial charge in [0.05, 0.1) is 13.4 Å². The molecule has 1 saturated carbocycles. The molecule has 27 heavy (non-hydrogen) atoms. The zero-order chi connectivity index (χ0) is 19.2. The summed E-state index contributed by atoms with van der Waals surface area (Å²) < 4.78 is 19.1. The quantitative estimate of drug-likeness (QED) is 0.816. The summed E-state index contributed by atoms with van der Waals surface area (Å²) in [4.78, 5) is 21.1. The second-order valence-electron chi connectivity index (χ2n) is 7.03. The van der Waals surface area contributed by atoms with E-state index in [-0.39, 0.29) is 11.6 Å². The van der Waals surface area contributed by atoms with Crippen molar-refractivity contribution in [3.8, 4) is 17.0 Å². The highest BCUT2D eigenvalue weighted by Gasteiger charge is 2.39. The van der Waals surface area contributed by atoms with Crippen molar-refractivity contribution in [2.75, 3.05) is 18.7 Å². The smallest absolute Gasteiger partial charge is 0.289 e. The van der Waals surface area contributed by atoms with Gasteiger partial charge in [-0.3, -0.25) is 9.36 Å². The van der Waals surface area contributed by atoms with Gasteiger partial charge in [-0.25, -0.2) is 9.98 Å². The molecular formula is C19H22N4O3S. The topological polar surface area (TPSA) is 91.6 Å². The van der Waals surface area contributed by atoms with Gasteiger partial charge in [-0.15, -0.1) is 0 Å². The van der Waals surface area contributed by atoms with E-state index in [9.17, 15) is 9.35 Å². The predicted octanol–water partition coefficient (Wildman–Crippen LogP) is 2.54. The maximum Gasteiger partial charge on any atom is 0.289 e. The SMILES string of the molecule is COc1ccc(-c2cc3c(n(C4CCC4)c2=O)NC(C)([S+](C)[O-])N=C3)cn1. The predicted molar refractivity (Wildman–Crippen MR) is 107 cm³/mol. The van der Waals surface area contributed by atoms with Gasteiger partial charge in [-0.05, 0) is 42.6 Å². The van der Waals surface area contributed by atoms with Crippen molar-refractivity contribution in [3.05, 3.63) is 40.3 Å². The van der Waals surface area contributed by atoms with E-state index in [0.717, 1.165) is 30.4 Å². The molecule has 1 fully saturated rings. The minimum atomic E-state index is -1.23. The van der Waals surface area contributed by atoms with Crippen LogP contribution in [0.4, 0.5) is 5.82 Å². The van der Waals surface area contributed by atoms with E-state index in [1.54, 1.807) is 38.8 Å². The molecule has 2 aromatic heterocycles. The normalized spacial score (nSPS) is 22.5. The maximum absolute atomic E-state index is 13.4. The Balaban J connectivity index is 1.88. The molecule has 2 aromatic rings. The third-order valence-corrected chi connectivity index (χ3v) is 6.65. The van der Waals surface area contributed by atoms with Crippen molar-refractivity contribution in [2.45, 2.75) is 37.2 Å². The number of hydrogen-bond acceptors (Lipinski definition) is 6. The lowest BCUT2D eigenvalue weighted by Crippen LogP contribution is -2.46. The van der Waals surface area contributed by atoms with Crippen LogP contribution in [0.1, 0.15) is 37.8 Å². The highest BCUT2D eigenvalue weighted by Crippen LogP contribution is 2.37. The Bertz CT molecular complexity index is 951. The van der Waals surface area contributed by atoms with Gasteiger partial charge in [-0.1, -0.05) is 0 Å². The van der Waals surface area contributed by atoms with Gasteiger partial charge < -0.3 is 14.6 Å². The fraction of sp³-hybridized carbons (Fsp3) is 0.421. The maximum atomic E-state index is 13.4. The second kappa shape index (κ2) is 6.69. The summed E-state index contributed by atoms with van der Waals surface area (Å²) in [6.45, 7) is 1.78. The Morgan fingerprint density at radius 1 is 1.41 bits per heavy atom. The first-order valence-electron chi connectivity index (χ1n) is 8.90. The number of hydrogen-bond donors (Lipinski definition) is 1. The average molecular weight is 386 g/mol. The fourth-order valence-corrected chi connectivity index (χ4v) is 3.78. The lowest BCUT2D eigenvalue weighted by molar-refractivity contribution is 0.309. The number of nitrogens with zero attached hydrogens (tertiary/aromatic N) is 3. The number of aliphatic imine (C=N–C) groups is 1. The summed E-state index contributed by atoms with van der Waals surface area (Å²) in [5.74, 6) is 1.20. The Morgan fingerprint density at radius 3 is 2.74 bits per heavy atom. The third kappa shape index (κ3) is 3.02. The monoisotopic (exact) mass is 386 g/mol. The largest absolute Gasteiger partial charge is 0.613 e. The fourth-order valence-electron chi connectivity index (χ4n) is 3.34. The average Bonchev–Trinajstić information content (AvgIpc) is 2.62. The van der Waals surface area contributed by atoms with Crippen LogP contribution in [0.5, 0.6) is 5.88 Å². The molecule has 2 atom stereocenters. The minimum absolute atomic E-state index is 0.0718. The van der Waals surface area contributed by atoms with Gasteiger partial charge in [0.2, 0.25) is 5.88 Å². The van der Waals surface area contributed by atoms with Gasteiger partial charge in [0, 0.05) is 48.1 Å². The van der Waals surface area contributed by atoms with E-state index >= 15 is 0 Å². The highest BCUT2D eigenvalue weighted by atomic mass is 32.2. The van der Waals surface area contributed by atoms with Crippen molar-refractivity contribution in [1.29, 1.82) is 0 Å². The molecule has 1 aliphatic heterocycles. The second-order valence-corrected chi connectivity index (χ2v) is 8.73. The number of anilines is 1. The summed E-state index contributed by atoms with van der Waals surface area (Å²) in [6, 6.07) is 5.54. The summed E-state index contributed by atoms with van der Waals surface area (Å²) in [7, 11) is 1.56. The first kappa shape index (κ1) is 18.1. The Labute approximate surface area is 160 Å². The molecule has 1 N–H and O–H groups in total. The van der Waals surface area contributed by atoms with Crippen LogP contribution in [0.15, 0.2) is 34.2 Å². The molecule has 2 unspecified atom stereocenters. The molecule has 0 aromatic carbocycles. The number of ether oxygens (including phenoxy) is 1. The van der Waals surface area contributed by atoms with Gasteiger partial charge in [0.1, 0.15) is 5.82 Å². The molecule has 2 aliphatic rings. The molecule has 3 heterocycles. The van der Waals surface area contributed by atoms with Gasteiger partial charge in [0.15, 0.2) is 0 Å². The van der Waals surface area contributed by atoms with Crippen molar-refractivity contribution in [1.82, 2.24) is 9.55 Å². The first-order valence-corrected chi connectivity index (χ1v) is 10.5. The van der Waals surface area contributed by atoms with E-state index in [1.165, 1.54) is 0 Å². The third-order valence-electron chi connectivity index (χ3n) is 5.32. The molecule has 1 aliphatic carbocycles. The van der Waals surface area contributed by atoms with Gasteiger partial charge in [-0.2, -0.15) is 0 Å². The Kier molecular flexibility index (Phi) is 4.47. The molecule has 0 bridgehead atoms. The van der Waals surface area contributed by atoms with Crippen molar-refractivity contribution in [3.63, 3.8) is 0 Å². The van der Waals surface area contributed by atoms with E-state index in [0.29, 0.717) is 17.3 Å². The highest BCUT2D eigenvalue weighted by molar-refractivity contribution is 7.92. The van der Waals surface area contributed by atoms with Crippen LogP contribution >= 0.6 is 0 Å². The molecule has 142 valence electrons. The standard InChI is InChI=1S/C19H22N4O3S/c1-19(27(3)25)21-11-13-9-15(12-7-8-16(26-2)20-10-12)18(24)23(17(13)22-19)14-5-4-6-14/h7-11,14,22H,4-6H2,1-3H3. The number of fused-ring (bicyclic) bond motifs is 1. The molecular weight excluding hydrogens is 364 g/mol. The van der Waals surface area contributed by atoms with Crippen LogP contribution in [0.3, 0.4) is 0 Å². The lowest BCUT2D eigenvalue weighted by Gasteiger charge is -2.36. The van der Waals surface area contributed by atoms with Crippen LogP contribution in [0.25, 0.3) is 11.1 Å². The minimum Gasteiger partial charge on any atom is -0.613 e. The molecule has 4 rings (SSSR count). The van der Waals surface area contributed by atoms with Gasteiger partial charge in [0.25, 0.3) is 10.6 Å². The van der Waals surface area contributed by atoms with Crippen molar-refractivity contribution >= 4 is 23.2 Å². The van der Waals surface area contributed by atoms with Crippen LogP contribution in [-0.2, 0) is 11.2 Å². The number of methoxy groups -OCH3 is 1.